The van der Waals surface area contributed by atoms with Crippen molar-refractivity contribution in [2.75, 3.05) is 28.9 Å². The van der Waals surface area contributed by atoms with E-state index in [1.165, 1.54) is 28.0 Å². The van der Waals surface area contributed by atoms with E-state index in [4.69, 9.17) is 15.0 Å². The highest BCUT2D eigenvalue weighted by molar-refractivity contribution is 7.91. The van der Waals surface area contributed by atoms with Gasteiger partial charge >= 0.3 is 12.1 Å². The lowest BCUT2D eigenvalue weighted by molar-refractivity contribution is -0.192. The van der Waals surface area contributed by atoms with Crippen LogP contribution < -0.4 is 20.4 Å². The molecule has 5 rings (SSSR count). The molecule has 1 aromatic heterocycles. The fourth-order valence-electron chi connectivity index (χ4n) is 5.62. The number of nitriles is 2. The number of aliphatic carboxylic acids is 1. The molecule has 3 aromatic carbocycles. The Bertz CT molecular complexity index is 2320. The van der Waals surface area contributed by atoms with Crippen molar-refractivity contribution < 1.29 is 45.9 Å². The molecular weight excluding hydrogens is 733 g/mol. The van der Waals surface area contributed by atoms with Crippen molar-refractivity contribution in [1.29, 1.82) is 10.5 Å². The molecule has 0 bridgehead atoms. The van der Waals surface area contributed by atoms with Crippen LogP contribution in [0.15, 0.2) is 66.7 Å². The first-order chi connectivity index (χ1) is 25.3. The number of rotatable bonds is 8. The highest BCUT2D eigenvalue weighted by atomic mass is 32.2. The Labute approximate surface area is 307 Å². The molecule has 1 aliphatic heterocycles. The average molecular weight is 767 g/mol. The molecule has 0 fully saturated rings. The lowest BCUT2D eigenvalue weighted by atomic mass is 10.1. The molecule has 1 unspecified atom stereocenters. The maximum Gasteiger partial charge on any atom is 0.490 e. The molecule has 4 aromatic rings. The number of nitrogens with zero attached hydrogens (tertiary/aromatic N) is 6. The summed E-state index contributed by atoms with van der Waals surface area (Å²) in [6, 6.07) is 19.9. The first-order valence-electron chi connectivity index (χ1n) is 15.9. The van der Waals surface area contributed by atoms with Gasteiger partial charge in [0.25, 0.3) is 5.91 Å². The summed E-state index contributed by atoms with van der Waals surface area (Å²) >= 11 is 0. The van der Waals surface area contributed by atoms with Gasteiger partial charge in [-0.15, -0.1) is 0 Å². The van der Waals surface area contributed by atoms with Gasteiger partial charge in [-0.05, 0) is 57.3 Å². The molecule has 282 valence electrons. The average Bonchev–Trinajstić information content (AvgIpc) is 3.45. The molecule has 0 saturated heterocycles. The second kappa shape index (κ2) is 16.1. The third-order valence-corrected chi connectivity index (χ3v) is 9.09. The number of amides is 3. The topological polar surface area (TPSA) is 219 Å². The van der Waals surface area contributed by atoms with E-state index in [-0.39, 0.29) is 23.5 Å². The Hall–Kier alpha value is -6.31. The molecule has 1 aliphatic rings. The summed E-state index contributed by atoms with van der Waals surface area (Å²) in [6.07, 6.45) is -4.16. The van der Waals surface area contributed by atoms with Crippen molar-refractivity contribution in [1.82, 2.24) is 20.4 Å². The van der Waals surface area contributed by atoms with E-state index in [2.05, 4.69) is 16.7 Å². The minimum absolute atomic E-state index is 0.130. The van der Waals surface area contributed by atoms with Crippen LogP contribution >= 0.6 is 0 Å². The number of benzene rings is 3. The summed E-state index contributed by atoms with van der Waals surface area (Å²) in [5.74, 6) is -5.53. The highest BCUT2D eigenvalue weighted by Crippen LogP contribution is 2.38. The van der Waals surface area contributed by atoms with Crippen LogP contribution in [0.4, 0.5) is 24.5 Å². The normalized spacial score (nSPS) is 16.2. The minimum Gasteiger partial charge on any atom is -0.475 e. The summed E-state index contributed by atoms with van der Waals surface area (Å²) in [7, 11) is -2.22. The zero-order valence-corrected chi connectivity index (χ0v) is 29.9. The van der Waals surface area contributed by atoms with Crippen LogP contribution in [0.2, 0.25) is 0 Å². The van der Waals surface area contributed by atoms with E-state index >= 15 is 0 Å². The fourth-order valence-corrected chi connectivity index (χ4v) is 6.21. The number of sulfone groups is 1. The standard InChI is InChI=1S/C33H32N8O5S.C2HF3O2/c1-20(36-3)32(43)37-31-21(2)40(30(42)19-47(4,45)46)29-15-22(16-34)13-14-28(29)39(33(31)44)18-25-24-10-6-8-12-27(24)41(38-25)26-11-7-5-9-23(26)17-35;3-2(4,5)1(6)7/h5-15,20-21,31,36H,18-19H2,1-4H3,(H,37,43);(H,6,7)/t20?,21-,31-;/m0./s1. The van der Waals surface area contributed by atoms with Gasteiger partial charge in [0.2, 0.25) is 11.8 Å². The quantitative estimate of drug-likeness (QED) is 0.237. The number of carboxylic acid groups (broad SMARTS) is 1. The Morgan fingerprint density at radius 1 is 1.00 bits per heavy atom. The van der Waals surface area contributed by atoms with E-state index in [1.54, 1.807) is 49.8 Å². The number of fused-ring (bicyclic) bond motifs is 2. The van der Waals surface area contributed by atoms with Crippen LogP contribution in [0, 0.1) is 22.7 Å². The van der Waals surface area contributed by atoms with Crippen LogP contribution in [0.25, 0.3) is 16.6 Å². The number of halogens is 3. The SMILES string of the molecule is CNC(C)C(=O)N[C@@H]1C(=O)N(Cc2nn(-c3ccccc3C#N)c3ccccc23)c2ccc(C#N)cc2N(C(=O)CS(C)(=O)=O)[C@H]1C.O=C(O)C(F)(F)F. The molecule has 3 N–H and O–H groups in total. The number of anilines is 2. The van der Waals surface area contributed by atoms with Crippen molar-refractivity contribution in [3.8, 4) is 17.8 Å². The van der Waals surface area contributed by atoms with Gasteiger partial charge in [0, 0.05) is 11.6 Å². The maximum atomic E-state index is 14.6. The largest absolute Gasteiger partial charge is 0.490 e. The molecule has 15 nitrogen and oxygen atoms in total. The van der Waals surface area contributed by atoms with Gasteiger partial charge in [-0.1, -0.05) is 30.3 Å². The maximum absolute atomic E-state index is 14.6. The van der Waals surface area contributed by atoms with Crippen molar-refractivity contribution in [2.24, 2.45) is 0 Å². The Morgan fingerprint density at radius 3 is 2.22 bits per heavy atom. The van der Waals surface area contributed by atoms with E-state index in [0.717, 1.165) is 6.26 Å². The number of para-hydroxylation sites is 2. The van der Waals surface area contributed by atoms with Crippen molar-refractivity contribution >= 4 is 55.8 Å². The van der Waals surface area contributed by atoms with Crippen LogP contribution in [-0.4, -0.2) is 90.4 Å². The number of carboxylic acids is 1. The Morgan fingerprint density at radius 2 is 1.63 bits per heavy atom. The molecular formula is C35H33F3N8O7S. The number of hydrogen-bond acceptors (Lipinski definition) is 10. The molecule has 0 saturated carbocycles. The molecule has 19 heteroatoms. The van der Waals surface area contributed by atoms with Gasteiger partial charge in [-0.2, -0.15) is 28.8 Å². The number of nitrogens with one attached hydrogen (secondary N) is 2. The first-order valence-corrected chi connectivity index (χ1v) is 18.0. The van der Waals surface area contributed by atoms with Crippen LogP contribution in [0.3, 0.4) is 0 Å². The second-order valence-corrected chi connectivity index (χ2v) is 14.3. The van der Waals surface area contributed by atoms with Crippen LogP contribution in [0.1, 0.15) is 30.7 Å². The van der Waals surface area contributed by atoms with Gasteiger partial charge in [-0.3, -0.25) is 14.4 Å². The molecule has 2 heterocycles. The predicted octanol–water partition coefficient (Wildman–Crippen LogP) is 2.81. The smallest absolute Gasteiger partial charge is 0.475 e. The molecule has 54 heavy (non-hydrogen) atoms. The Balaban J connectivity index is 0.000000845. The summed E-state index contributed by atoms with van der Waals surface area (Å²) in [6.45, 7) is 3.02. The number of alkyl halides is 3. The van der Waals surface area contributed by atoms with Gasteiger partial charge in [-0.25, -0.2) is 17.9 Å². The lowest BCUT2D eigenvalue weighted by Crippen LogP contribution is -2.60. The summed E-state index contributed by atoms with van der Waals surface area (Å²) < 4.78 is 57.9. The highest BCUT2D eigenvalue weighted by Gasteiger charge is 2.43. The van der Waals surface area contributed by atoms with Gasteiger partial charge in [0.15, 0.2) is 9.84 Å². The van der Waals surface area contributed by atoms with Crippen molar-refractivity contribution in [3.63, 3.8) is 0 Å². The monoisotopic (exact) mass is 766 g/mol. The fraction of sp³-hybridized carbons (Fsp3) is 0.286. The summed E-state index contributed by atoms with van der Waals surface area (Å²) in [4.78, 5) is 52.9. The number of aromatic nitrogens is 2. The van der Waals surface area contributed by atoms with E-state index < -0.39 is 63.6 Å². The number of carbonyl (C=O) groups excluding carboxylic acids is 3. The zero-order valence-electron chi connectivity index (χ0n) is 29.1. The number of likely N-dealkylation sites (N-methyl/N-ethyl adjacent to an activating group) is 1. The van der Waals surface area contributed by atoms with Crippen LogP contribution in [0.5, 0.6) is 0 Å². The lowest BCUT2D eigenvalue weighted by Gasteiger charge is -2.32. The minimum atomic E-state index is -5.08. The van der Waals surface area contributed by atoms with E-state index in [9.17, 15) is 46.5 Å². The first kappa shape index (κ1) is 40.5. The zero-order chi connectivity index (χ0) is 40.1. The van der Waals surface area contributed by atoms with Crippen molar-refractivity contribution in [2.45, 2.75) is 44.7 Å². The molecule has 0 aliphatic carbocycles. The van der Waals surface area contributed by atoms with Gasteiger partial charge < -0.3 is 25.5 Å². The third kappa shape index (κ3) is 8.82. The van der Waals surface area contributed by atoms with Crippen molar-refractivity contribution in [3.05, 3.63) is 83.6 Å². The van der Waals surface area contributed by atoms with E-state index in [0.29, 0.717) is 27.8 Å². The Kier molecular flexibility index (Phi) is 12.1. The summed E-state index contributed by atoms with van der Waals surface area (Å²) in [5, 5.41) is 37.8. The number of hydrogen-bond donors (Lipinski definition) is 3. The molecule has 0 spiro atoms. The summed E-state index contributed by atoms with van der Waals surface area (Å²) in [5.41, 5.74) is 2.59. The second-order valence-electron chi connectivity index (χ2n) is 12.1. The predicted molar refractivity (Wildman–Crippen MR) is 189 cm³/mol. The van der Waals surface area contributed by atoms with Gasteiger partial charge in [0.05, 0.1) is 64.1 Å². The number of carbonyl (C=O) groups is 4. The van der Waals surface area contributed by atoms with Gasteiger partial charge in [0.1, 0.15) is 17.9 Å². The van der Waals surface area contributed by atoms with Crippen LogP contribution in [-0.2, 0) is 35.6 Å². The van der Waals surface area contributed by atoms with E-state index in [1.807, 2.05) is 30.3 Å². The molecule has 0 radical (unpaired) electrons. The molecule has 3 amide bonds. The third-order valence-electron chi connectivity index (χ3n) is 8.32. The molecule has 3 atom stereocenters.